The van der Waals surface area contributed by atoms with Crippen LogP contribution < -0.4 is 5.32 Å². The molecule has 4 nitrogen and oxygen atoms in total. The maximum Gasteiger partial charge on any atom is 0.233 e. The van der Waals surface area contributed by atoms with E-state index in [0.29, 0.717) is 12.1 Å². The van der Waals surface area contributed by atoms with Crippen molar-refractivity contribution in [1.29, 1.82) is 0 Å². The van der Waals surface area contributed by atoms with Crippen molar-refractivity contribution < 1.29 is 9.59 Å². The summed E-state index contributed by atoms with van der Waals surface area (Å²) in [5, 5.41) is 2.57. The molecule has 0 aliphatic carbocycles. The molecule has 0 aliphatic heterocycles. The average molecular weight is 262 g/mol. The zero-order valence-electron chi connectivity index (χ0n) is 11.9. The fraction of sp³-hybridized carbons (Fsp3) is 0.467. The number of Topliss-reactive ketones (excluding diaryl/α,β-unsaturated/α-hetero) is 1. The molecule has 0 fully saturated rings. The molecule has 104 valence electrons. The lowest BCUT2D eigenvalue weighted by molar-refractivity contribution is -0.121. The van der Waals surface area contributed by atoms with E-state index in [-0.39, 0.29) is 24.8 Å². The second-order valence-corrected chi connectivity index (χ2v) is 4.45. The summed E-state index contributed by atoms with van der Waals surface area (Å²) in [6, 6.07) is 7.66. The number of hydrogen-bond donors (Lipinski definition) is 1. The number of nitrogens with zero attached hydrogens (tertiary/aromatic N) is 1. The molecule has 0 bridgehead atoms. The average Bonchev–Trinajstić information content (AvgIpc) is 2.46. The summed E-state index contributed by atoms with van der Waals surface area (Å²) in [5.41, 5.74) is 1.92. The van der Waals surface area contributed by atoms with Gasteiger partial charge in [-0.15, -0.1) is 0 Å². The standard InChI is InChI=1S/C15H22N2O2/c1-4-12-6-8-13(9-7-12)14(18)10-17(5-2)11-15(19)16-3/h6-9H,4-5,10-11H2,1-3H3,(H,16,19). The van der Waals surface area contributed by atoms with E-state index in [1.807, 2.05) is 36.1 Å². The van der Waals surface area contributed by atoms with Crippen molar-refractivity contribution in [2.24, 2.45) is 0 Å². The molecule has 1 aromatic carbocycles. The van der Waals surface area contributed by atoms with Gasteiger partial charge < -0.3 is 5.32 Å². The van der Waals surface area contributed by atoms with Crippen LogP contribution >= 0.6 is 0 Å². The van der Waals surface area contributed by atoms with E-state index in [9.17, 15) is 9.59 Å². The molecule has 1 amide bonds. The maximum atomic E-state index is 12.1. The van der Waals surface area contributed by atoms with Crippen molar-refractivity contribution in [1.82, 2.24) is 10.2 Å². The number of carbonyl (C=O) groups excluding carboxylic acids is 2. The van der Waals surface area contributed by atoms with Crippen LogP contribution in [0.4, 0.5) is 0 Å². The Labute approximate surface area is 114 Å². The third-order valence-electron chi connectivity index (χ3n) is 3.14. The van der Waals surface area contributed by atoms with Gasteiger partial charge in [-0.25, -0.2) is 0 Å². The molecule has 4 heteroatoms. The topological polar surface area (TPSA) is 49.4 Å². The Balaban J connectivity index is 2.63. The van der Waals surface area contributed by atoms with Gasteiger partial charge in [0.2, 0.25) is 5.91 Å². The van der Waals surface area contributed by atoms with Gasteiger partial charge in [-0.3, -0.25) is 14.5 Å². The molecular formula is C15H22N2O2. The van der Waals surface area contributed by atoms with Crippen LogP contribution in [0.3, 0.4) is 0 Å². The molecule has 0 saturated carbocycles. The zero-order valence-corrected chi connectivity index (χ0v) is 11.9. The molecule has 0 spiro atoms. The molecule has 0 heterocycles. The highest BCUT2D eigenvalue weighted by Gasteiger charge is 2.13. The maximum absolute atomic E-state index is 12.1. The molecule has 0 saturated heterocycles. The molecule has 19 heavy (non-hydrogen) atoms. The van der Waals surface area contributed by atoms with Crippen molar-refractivity contribution in [2.45, 2.75) is 20.3 Å². The van der Waals surface area contributed by atoms with Crippen LogP contribution in [0.5, 0.6) is 0 Å². The minimum Gasteiger partial charge on any atom is -0.358 e. The summed E-state index contributed by atoms with van der Waals surface area (Å²) < 4.78 is 0. The van der Waals surface area contributed by atoms with Gasteiger partial charge in [0, 0.05) is 12.6 Å². The number of likely N-dealkylation sites (N-methyl/N-ethyl adjacent to an activating group) is 2. The molecular weight excluding hydrogens is 240 g/mol. The van der Waals surface area contributed by atoms with Gasteiger partial charge in [0.15, 0.2) is 5.78 Å². The van der Waals surface area contributed by atoms with Crippen molar-refractivity contribution in [2.75, 3.05) is 26.7 Å². The van der Waals surface area contributed by atoms with Crippen LogP contribution in [0, 0.1) is 0 Å². The van der Waals surface area contributed by atoms with Crippen molar-refractivity contribution in [3.63, 3.8) is 0 Å². The van der Waals surface area contributed by atoms with Crippen molar-refractivity contribution in [3.05, 3.63) is 35.4 Å². The third-order valence-corrected chi connectivity index (χ3v) is 3.14. The second kappa shape index (κ2) is 7.69. The Morgan fingerprint density at radius 1 is 1.11 bits per heavy atom. The van der Waals surface area contributed by atoms with E-state index in [1.165, 1.54) is 5.56 Å². The lowest BCUT2D eigenvalue weighted by Crippen LogP contribution is -2.38. The van der Waals surface area contributed by atoms with Crippen molar-refractivity contribution >= 4 is 11.7 Å². The van der Waals surface area contributed by atoms with Gasteiger partial charge in [0.25, 0.3) is 0 Å². The quantitative estimate of drug-likeness (QED) is 0.758. The lowest BCUT2D eigenvalue weighted by atomic mass is 10.1. The Hall–Kier alpha value is -1.68. The largest absolute Gasteiger partial charge is 0.358 e. The van der Waals surface area contributed by atoms with Gasteiger partial charge in [-0.05, 0) is 18.5 Å². The molecule has 0 atom stereocenters. The fourth-order valence-corrected chi connectivity index (χ4v) is 1.78. The third kappa shape index (κ3) is 4.83. The molecule has 0 aromatic heterocycles. The number of carbonyl (C=O) groups is 2. The number of aryl methyl sites for hydroxylation is 1. The minimum atomic E-state index is -0.0732. The summed E-state index contributed by atoms with van der Waals surface area (Å²) in [6.07, 6.45) is 0.965. The monoisotopic (exact) mass is 262 g/mol. The van der Waals surface area contributed by atoms with Crippen molar-refractivity contribution in [3.8, 4) is 0 Å². The van der Waals surface area contributed by atoms with Gasteiger partial charge in [-0.2, -0.15) is 0 Å². The first-order valence-corrected chi connectivity index (χ1v) is 6.65. The highest BCUT2D eigenvalue weighted by molar-refractivity contribution is 5.97. The summed E-state index contributed by atoms with van der Waals surface area (Å²) >= 11 is 0. The molecule has 0 radical (unpaired) electrons. The summed E-state index contributed by atoms with van der Waals surface area (Å²) in [4.78, 5) is 25.3. The first-order valence-electron chi connectivity index (χ1n) is 6.65. The van der Waals surface area contributed by atoms with Gasteiger partial charge >= 0.3 is 0 Å². The molecule has 0 aliphatic rings. The Bertz CT molecular complexity index is 426. The summed E-state index contributed by atoms with van der Waals surface area (Å²) in [6.45, 7) is 5.22. The number of rotatable bonds is 7. The van der Waals surface area contributed by atoms with Crippen LogP contribution in [-0.4, -0.2) is 43.3 Å². The van der Waals surface area contributed by atoms with E-state index >= 15 is 0 Å². The molecule has 1 rings (SSSR count). The smallest absolute Gasteiger partial charge is 0.233 e. The summed E-state index contributed by atoms with van der Waals surface area (Å²) in [5.74, 6) is -0.0237. The van der Waals surface area contributed by atoms with E-state index in [4.69, 9.17) is 0 Å². The SMILES string of the molecule is CCc1ccc(C(=O)CN(CC)CC(=O)NC)cc1. The van der Waals surface area contributed by atoms with E-state index in [2.05, 4.69) is 12.2 Å². The summed E-state index contributed by atoms with van der Waals surface area (Å²) in [7, 11) is 1.60. The Morgan fingerprint density at radius 2 is 1.74 bits per heavy atom. The van der Waals surface area contributed by atoms with Gasteiger partial charge in [0.1, 0.15) is 0 Å². The highest BCUT2D eigenvalue weighted by Crippen LogP contribution is 2.06. The molecule has 1 aromatic rings. The van der Waals surface area contributed by atoms with Gasteiger partial charge in [0.05, 0.1) is 13.1 Å². The minimum absolute atomic E-state index is 0.0495. The van der Waals surface area contributed by atoms with Crippen LogP contribution in [0.2, 0.25) is 0 Å². The zero-order chi connectivity index (χ0) is 14.3. The predicted octanol–water partition coefficient (Wildman–Crippen LogP) is 1.50. The van der Waals surface area contributed by atoms with E-state index in [0.717, 1.165) is 6.42 Å². The number of amides is 1. The lowest BCUT2D eigenvalue weighted by Gasteiger charge is -2.18. The second-order valence-electron chi connectivity index (χ2n) is 4.45. The first-order chi connectivity index (χ1) is 9.10. The highest BCUT2D eigenvalue weighted by atomic mass is 16.2. The first kappa shape index (κ1) is 15.4. The number of nitrogens with one attached hydrogen (secondary N) is 1. The number of benzene rings is 1. The Kier molecular flexibility index (Phi) is 6.22. The number of hydrogen-bond acceptors (Lipinski definition) is 3. The van der Waals surface area contributed by atoms with Crippen LogP contribution in [0.25, 0.3) is 0 Å². The van der Waals surface area contributed by atoms with E-state index in [1.54, 1.807) is 7.05 Å². The van der Waals surface area contributed by atoms with Crippen LogP contribution in [0.15, 0.2) is 24.3 Å². The van der Waals surface area contributed by atoms with Crippen LogP contribution in [0.1, 0.15) is 29.8 Å². The molecule has 0 unspecified atom stereocenters. The number of ketones is 1. The molecule has 1 N–H and O–H groups in total. The fourth-order valence-electron chi connectivity index (χ4n) is 1.78. The Morgan fingerprint density at radius 3 is 2.21 bits per heavy atom. The normalized spacial score (nSPS) is 10.5. The van der Waals surface area contributed by atoms with Gasteiger partial charge in [-0.1, -0.05) is 38.1 Å². The van der Waals surface area contributed by atoms with Crippen LogP contribution in [-0.2, 0) is 11.2 Å². The predicted molar refractivity (Wildman–Crippen MR) is 76.3 cm³/mol. The van der Waals surface area contributed by atoms with E-state index < -0.39 is 0 Å².